The lowest BCUT2D eigenvalue weighted by Gasteiger charge is -2.24. The van der Waals surface area contributed by atoms with E-state index < -0.39 is 11.9 Å². The number of ether oxygens (including phenoxy) is 2. The van der Waals surface area contributed by atoms with Gasteiger partial charge in [-0.1, -0.05) is 0 Å². The van der Waals surface area contributed by atoms with Gasteiger partial charge in [0.2, 0.25) is 0 Å². The maximum absolute atomic E-state index is 10.9. The van der Waals surface area contributed by atoms with Crippen LogP contribution in [0.1, 0.15) is 5.56 Å². The Morgan fingerprint density at radius 3 is 3.00 bits per heavy atom. The van der Waals surface area contributed by atoms with Gasteiger partial charge < -0.3 is 14.6 Å². The Labute approximate surface area is 101 Å². The number of methoxy groups -OCH3 is 1. The van der Waals surface area contributed by atoms with Gasteiger partial charge in [-0.3, -0.25) is 4.79 Å². The summed E-state index contributed by atoms with van der Waals surface area (Å²) in [4.78, 5) is 10.9. The highest BCUT2D eigenvalue weighted by Crippen LogP contribution is 2.38. The third-order valence-electron chi connectivity index (χ3n) is 2.62. The van der Waals surface area contributed by atoms with E-state index in [4.69, 9.17) is 14.6 Å². The Morgan fingerprint density at radius 1 is 1.62 bits per heavy atom. The minimum Gasteiger partial charge on any atom is -0.496 e. The Hall–Kier alpha value is -1.23. The first-order valence-corrected chi connectivity index (χ1v) is 5.63. The summed E-state index contributed by atoms with van der Waals surface area (Å²) >= 11 is 3.41. The summed E-state index contributed by atoms with van der Waals surface area (Å²) in [5.74, 6) is 0.0924. The fourth-order valence-electron chi connectivity index (χ4n) is 1.72. The largest absolute Gasteiger partial charge is 0.496 e. The highest BCUT2D eigenvalue weighted by atomic mass is 79.9. The van der Waals surface area contributed by atoms with E-state index in [-0.39, 0.29) is 6.61 Å². The number of halogens is 1. The molecule has 1 aromatic carbocycles. The smallest absolute Gasteiger partial charge is 0.310 e. The van der Waals surface area contributed by atoms with E-state index in [1.807, 2.05) is 0 Å². The van der Waals surface area contributed by atoms with Crippen LogP contribution >= 0.6 is 15.9 Å². The summed E-state index contributed by atoms with van der Waals surface area (Å²) in [5.41, 5.74) is 0.859. The maximum atomic E-state index is 10.9. The zero-order valence-electron chi connectivity index (χ0n) is 8.70. The van der Waals surface area contributed by atoms with Gasteiger partial charge in [0.1, 0.15) is 18.1 Å². The maximum Gasteiger partial charge on any atom is 0.310 e. The summed E-state index contributed by atoms with van der Waals surface area (Å²) in [6.07, 6.45) is 0.461. The second-order valence-corrected chi connectivity index (χ2v) is 4.40. The van der Waals surface area contributed by atoms with Gasteiger partial charge in [-0.25, -0.2) is 0 Å². The molecule has 0 bridgehead atoms. The molecule has 1 aromatic rings. The first-order valence-electron chi connectivity index (χ1n) is 4.84. The highest BCUT2D eigenvalue weighted by Gasteiger charge is 2.28. The molecular weight excluding hydrogens is 276 g/mol. The Kier molecular flexibility index (Phi) is 3.05. The van der Waals surface area contributed by atoms with Crippen LogP contribution in [0.25, 0.3) is 0 Å². The molecule has 2 rings (SSSR count). The molecule has 0 aliphatic carbocycles. The van der Waals surface area contributed by atoms with Gasteiger partial charge in [-0.15, -0.1) is 0 Å². The monoisotopic (exact) mass is 286 g/mol. The van der Waals surface area contributed by atoms with Gasteiger partial charge in [0.15, 0.2) is 0 Å². The molecule has 0 saturated carbocycles. The molecule has 0 aromatic heterocycles. The van der Waals surface area contributed by atoms with Crippen molar-refractivity contribution < 1.29 is 19.4 Å². The molecule has 16 heavy (non-hydrogen) atoms. The van der Waals surface area contributed by atoms with Crippen LogP contribution in [0.5, 0.6) is 11.5 Å². The normalized spacial score (nSPS) is 18.5. The quantitative estimate of drug-likeness (QED) is 0.905. The molecule has 1 aliphatic rings. The van der Waals surface area contributed by atoms with E-state index in [9.17, 15) is 4.79 Å². The Bertz CT molecular complexity index is 430. The third kappa shape index (κ3) is 1.87. The number of hydrogen-bond acceptors (Lipinski definition) is 3. The van der Waals surface area contributed by atoms with Gasteiger partial charge in [-0.2, -0.15) is 0 Å². The molecule has 0 spiro atoms. The number of benzene rings is 1. The minimum atomic E-state index is -0.833. The number of carboxylic acids is 1. The number of carboxylic acid groups (broad SMARTS) is 1. The zero-order chi connectivity index (χ0) is 11.7. The summed E-state index contributed by atoms with van der Waals surface area (Å²) < 4.78 is 11.3. The number of fused-ring (bicyclic) bond motifs is 1. The molecule has 5 heteroatoms. The number of aliphatic carboxylic acids is 1. The predicted molar refractivity (Wildman–Crippen MR) is 61.0 cm³/mol. The summed E-state index contributed by atoms with van der Waals surface area (Å²) in [7, 11) is 1.57. The molecule has 0 radical (unpaired) electrons. The van der Waals surface area contributed by atoms with Crippen molar-refractivity contribution >= 4 is 21.9 Å². The van der Waals surface area contributed by atoms with Crippen LogP contribution in [0.3, 0.4) is 0 Å². The fraction of sp³-hybridized carbons (Fsp3) is 0.364. The summed E-state index contributed by atoms with van der Waals surface area (Å²) in [6.45, 7) is 0.223. The lowest BCUT2D eigenvalue weighted by atomic mass is 9.97. The number of hydrogen-bond donors (Lipinski definition) is 1. The summed E-state index contributed by atoms with van der Waals surface area (Å²) in [5, 5.41) is 8.95. The van der Waals surface area contributed by atoms with E-state index in [1.165, 1.54) is 0 Å². The molecular formula is C11H11BrO4. The van der Waals surface area contributed by atoms with E-state index >= 15 is 0 Å². The van der Waals surface area contributed by atoms with Crippen LogP contribution < -0.4 is 9.47 Å². The molecule has 1 aliphatic heterocycles. The topological polar surface area (TPSA) is 55.8 Å². The Morgan fingerprint density at radius 2 is 2.38 bits per heavy atom. The van der Waals surface area contributed by atoms with Crippen molar-refractivity contribution in [3.05, 3.63) is 22.2 Å². The minimum absolute atomic E-state index is 0.223. The Balaban J connectivity index is 2.38. The third-order valence-corrected chi connectivity index (χ3v) is 3.49. The van der Waals surface area contributed by atoms with E-state index in [1.54, 1.807) is 19.2 Å². The number of rotatable bonds is 2. The van der Waals surface area contributed by atoms with Crippen LogP contribution in [0.2, 0.25) is 0 Å². The second-order valence-electron chi connectivity index (χ2n) is 3.61. The van der Waals surface area contributed by atoms with Crippen molar-refractivity contribution in [2.75, 3.05) is 13.7 Å². The standard InChI is InChI=1S/C11H11BrO4/c1-15-9-3-2-8-7(10(9)12)4-6(5-16-8)11(13)14/h2-3,6H,4-5H2,1H3,(H,13,14)/t6-/m0/s1. The molecule has 4 nitrogen and oxygen atoms in total. The predicted octanol–water partition coefficient (Wildman–Crippen LogP) is 2.09. The molecule has 0 saturated heterocycles. The van der Waals surface area contributed by atoms with Crippen molar-refractivity contribution in [1.82, 2.24) is 0 Å². The van der Waals surface area contributed by atoms with Crippen LogP contribution in [-0.2, 0) is 11.2 Å². The van der Waals surface area contributed by atoms with Crippen molar-refractivity contribution in [3.63, 3.8) is 0 Å². The lowest BCUT2D eigenvalue weighted by Crippen LogP contribution is -2.28. The van der Waals surface area contributed by atoms with Gasteiger partial charge >= 0.3 is 5.97 Å². The van der Waals surface area contributed by atoms with Crippen molar-refractivity contribution in [2.45, 2.75) is 6.42 Å². The van der Waals surface area contributed by atoms with Crippen molar-refractivity contribution in [3.8, 4) is 11.5 Å². The van der Waals surface area contributed by atoms with E-state index in [0.717, 1.165) is 15.8 Å². The molecule has 0 fully saturated rings. The molecule has 0 amide bonds. The first-order chi connectivity index (χ1) is 7.63. The van der Waals surface area contributed by atoms with E-state index in [0.29, 0.717) is 12.2 Å². The molecule has 1 N–H and O–H groups in total. The van der Waals surface area contributed by atoms with Crippen LogP contribution in [-0.4, -0.2) is 24.8 Å². The highest BCUT2D eigenvalue weighted by molar-refractivity contribution is 9.10. The molecule has 0 unspecified atom stereocenters. The average Bonchev–Trinajstić information content (AvgIpc) is 2.29. The summed E-state index contributed by atoms with van der Waals surface area (Å²) in [6, 6.07) is 3.60. The SMILES string of the molecule is COc1ccc2c(c1Br)C[C@H](C(=O)O)CO2. The second kappa shape index (κ2) is 4.33. The molecule has 1 atom stereocenters. The first kappa shape index (κ1) is 11.3. The fourth-order valence-corrected chi connectivity index (χ4v) is 2.37. The van der Waals surface area contributed by atoms with Crippen molar-refractivity contribution in [2.24, 2.45) is 5.92 Å². The zero-order valence-corrected chi connectivity index (χ0v) is 10.3. The van der Waals surface area contributed by atoms with Gasteiger partial charge in [-0.05, 0) is 34.5 Å². The van der Waals surface area contributed by atoms with Crippen LogP contribution in [0.15, 0.2) is 16.6 Å². The molecule has 86 valence electrons. The van der Waals surface area contributed by atoms with Gasteiger partial charge in [0, 0.05) is 5.56 Å². The number of carbonyl (C=O) groups is 1. The van der Waals surface area contributed by atoms with Crippen LogP contribution in [0, 0.1) is 5.92 Å². The van der Waals surface area contributed by atoms with Crippen molar-refractivity contribution in [1.29, 1.82) is 0 Å². The molecule has 1 heterocycles. The van der Waals surface area contributed by atoms with Crippen LogP contribution in [0.4, 0.5) is 0 Å². The van der Waals surface area contributed by atoms with Gasteiger partial charge in [0.25, 0.3) is 0 Å². The van der Waals surface area contributed by atoms with Gasteiger partial charge in [0.05, 0.1) is 17.5 Å². The van der Waals surface area contributed by atoms with E-state index in [2.05, 4.69) is 15.9 Å². The lowest BCUT2D eigenvalue weighted by molar-refractivity contribution is -0.143. The average molecular weight is 287 g/mol.